The zero-order valence-corrected chi connectivity index (χ0v) is 14.8. The van der Waals surface area contributed by atoms with E-state index >= 15 is 0 Å². The van der Waals surface area contributed by atoms with Gasteiger partial charge in [-0.3, -0.25) is 0 Å². The van der Waals surface area contributed by atoms with Crippen molar-refractivity contribution in [2.75, 3.05) is 26.7 Å². The number of hydrogen-bond acceptors (Lipinski definition) is 4. The number of ether oxygens (including phenoxy) is 1. The third kappa shape index (κ3) is 3.93. The molecule has 7 heteroatoms. The molecule has 0 atom stereocenters. The number of piperidine rings is 1. The molecule has 0 aromatic heterocycles. The maximum Gasteiger partial charge on any atom is 0.240 e. The van der Waals surface area contributed by atoms with E-state index in [0.29, 0.717) is 22.9 Å². The summed E-state index contributed by atoms with van der Waals surface area (Å²) < 4.78 is 33.0. The Bertz CT molecular complexity index is 640. The molecule has 0 saturated carbocycles. The van der Waals surface area contributed by atoms with Gasteiger partial charge in [-0.25, -0.2) is 13.1 Å². The minimum absolute atomic E-state index is 0.0114. The minimum Gasteiger partial charge on any atom is -0.495 e. The Hall–Kier alpha value is -0.820. The molecule has 2 N–H and O–H groups in total. The molecular formula is C15H23ClN2O3S. The van der Waals surface area contributed by atoms with E-state index < -0.39 is 10.0 Å². The van der Waals surface area contributed by atoms with Gasteiger partial charge in [0.05, 0.1) is 17.0 Å². The van der Waals surface area contributed by atoms with Gasteiger partial charge in [-0.05, 0) is 56.0 Å². The lowest BCUT2D eigenvalue weighted by Gasteiger charge is -2.34. The van der Waals surface area contributed by atoms with Gasteiger partial charge in [0.2, 0.25) is 10.0 Å². The maximum atomic E-state index is 12.6. The molecule has 1 fully saturated rings. The van der Waals surface area contributed by atoms with Gasteiger partial charge in [0.15, 0.2) is 0 Å². The third-order valence-corrected chi connectivity index (χ3v) is 6.08. The number of halogens is 1. The third-order valence-electron chi connectivity index (χ3n) is 4.24. The monoisotopic (exact) mass is 346 g/mol. The van der Waals surface area contributed by atoms with E-state index in [0.717, 1.165) is 25.9 Å². The summed E-state index contributed by atoms with van der Waals surface area (Å²) in [5, 5.41) is 3.58. The lowest BCUT2D eigenvalue weighted by atomic mass is 9.81. The number of rotatable bonds is 5. The highest BCUT2D eigenvalue weighted by molar-refractivity contribution is 7.89. The topological polar surface area (TPSA) is 67.4 Å². The van der Waals surface area contributed by atoms with Gasteiger partial charge in [0, 0.05) is 6.54 Å². The van der Waals surface area contributed by atoms with E-state index in [1.807, 2.05) is 0 Å². The molecule has 1 saturated heterocycles. The molecule has 2 rings (SSSR count). The van der Waals surface area contributed by atoms with Gasteiger partial charge in [0.1, 0.15) is 5.75 Å². The fraction of sp³-hybridized carbons (Fsp3) is 0.600. The van der Waals surface area contributed by atoms with Gasteiger partial charge >= 0.3 is 0 Å². The first-order valence-corrected chi connectivity index (χ1v) is 9.18. The molecule has 0 aliphatic carbocycles. The smallest absolute Gasteiger partial charge is 0.240 e. The first-order chi connectivity index (χ1) is 10.3. The lowest BCUT2D eigenvalue weighted by molar-refractivity contribution is 0.232. The highest BCUT2D eigenvalue weighted by atomic mass is 35.5. The lowest BCUT2D eigenvalue weighted by Crippen LogP contribution is -2.42. The van der Waals surface area contributed by atoms with E-state index in [1.54, 1.807) is 13.0 Å². The standard InChI is InChI=1S/C15H23ClN2O3S/c1-11-8-13(21-3)12(16)9-14(11)22(19,20)18-10-15(2)4-6-17-7-5-15/h8-9,17-18H,4-7,10H2,1-3H3. The van der Waals surface area contributed by atoms with Crippen molar-refractivity contribution in [1.82, 2.24) is 10.0 Å². The molecular weight excluding hydrogens is 324 g/mol. The first-order valence-electron chi connectivity index (χ1n) is 7.32. The van der Waals surface area contributed by atoms with Crippen LogP contribution in [0.1, 0.15) is 25.3 Å². The second-order valence-electron chi connectivity index (χ2n) is 6.14. The van der Waals surface area contributed by atoms with E-state index in [4.69, 9.17) is 16.3 Å². The average Bonchev–Trinajstić information content (AvgIpc) is 2.48. The Morgan fingerprint density at radius 1 is 1.36 bits per heavy atom. The molecule has 0 unspecified atom stereocenters. The van der Waals surface area contributed by atoms with E-state index in [1.165, 1.54) is 13.2 Å². The van der Waals surface area contributed by atoms with Crippen LogP contribution >= 0.6 is 11.6 Å². The van der Waals surface area contributed by atoms with Gasteiger partial charge in [-0.1, -0.05) is 18.5 Å². The van der Waals surface area contributed by atoms with Crippen LogP contribution < -0.4 is 14.8 Å². The van der Waals surface area contributed by atoms with E-state index in [2.05, 4.69) is 17.0 Å². The van der Waals surface area contributed by atoms with Crippen LogP contribution in [0.2, 0.25) is 5.02 Å². The number of hydrogen-bond donors (Lipinski definition) is 2. The summed E-state index contributed by atoms with van der Waals surface area (Å²) in [7, 11) is -2.08. The Labute approximate surface area is 137 Å². The van der Waals surface area contributed by atoms with Crippen LogP contribution in [0.25, 0.3) is 0 Å². The van der Waals surface area contributed by atoms with Crippen LogP contribution in [0.3, 0.4) is 0 Å². The average molecular weight is 347 g/mol. The molecule has 1 aromatic carbocycles. The number of benzene rings is 1. The molecule has 22 heavy (non-hydrogen) atoms. The minimum atomic E-state index is -3.59. The van der Waals surface area contributed by atoms with Crippen molar-refractivity contribution in [1.29, 1.82) is 0 Å². The summed E-state index contributed by atoms with van der Waals surface area (Å²) in [5.74, 6) is 0.475. The highest BCUT2D eigenvalue weighted by Crippen LogP contribution is 2.31. The van der Waals surface area contributed by atoms with Gasteiger partial charge in [0.25, 0.3) is 0 Å². The fourth-order valence-corrected chi connectivity index (χ4v) is 4.39. The van der Waals surface area contributed by atoms with Gasteiger partial charge in [-0.15, -0.1) is 0 Å². The summed E-state index contributed by atoms with van der Waals surface area (Å²) in [6.45, 7) is 6.13. The van der Waals surface area contributed by atoms with E-state index in [-0.39, 0.29) is 10.3 Å². The fourth-order valence-electron chi connectivity index (χ4n) is 2.64. The normalized spacial score (nSPS) is 18.2. The van der Waals surface area contributed by atoms with Crippen LogP contribution in [0, 0.1) is 12.3 Å². The molecule has 1 aliphatic rings. The van der Waals surface area contributed by atoms with Crippen molar-refractivity contribution in [2.24, 2.45) is 5.41 Å². The Kier molecular flexibility index (Phi) is 5.37. The van der Waals surface area contributed by atoms with Crippen LogP contribution in [0.15, 0.2) is 17.0 Å². The number of nitrogens with one attached hydrogen (secondary N) is 2. The summed E-state index contributed by atoms with van der Waals surface area (Å²) in [6, 6.07) is 3.09. The van der Waals surface area contributed by atoms with Crippen LogP contribution in [0.4, 0.5) is 0 Å². The highest BCUT2D eigenvalue weighted by Gasteiger charge is 2.29. The van der Waals surface area contributed by atoms with Crippen molar-refractivity contribution < 1.29 is 13.2 Å². The number of methoxy groups -OCH3 is 1. The molecule has 5 nitrogen and oxygen atoms in total. The van der Waals surface area contributed by atoms with Crippen molar-refractivity contribution >= 4 is 21.6 Å². The van der Waals surface area contributed by atoms with Crippen LogP contribution in [0.5, 0.6) is 5.75 Å². The van der Waals surface area contributed by atoms with E-state index in [9.17, 15) is 8.42 Å². The Morgan fingerprint density at radius 2 is 2.00 bits per heavy atom. The van der Waals surface area contributed by atoms with Crippen molar-refractivity contribution in [2.45, 2.75) is 31.6 Å². The van der Waals surface area contributed by atoms with Crippen molar-refractivity contribution in [3.8, 4) is 5.75 Å². The quantitative estimate of drug-likeness (QED) is 0.858. The molecule has 0 amide bonds. The van der Waals surface area contributed by atoms with Gasteiger partial charge in [-0.2, -0.15) is 0 Å². The molecule has 0 bridgehead atoms. The van der Waals surface area contributed by atoms with Crippen LogP contribution in [-0.2, 0) is 10.0 Å². The zero-order valence-electron chi connectivity index (χ0n) is 13.2. The second kappa shape index (κ2) is 6.74. The molecule has 1 heterocycles. The predicted octanol–water partition coefficient (Wildman–Crippen LogP) is 2.33. The second-order valence-corrected chi connectivity index (χ2v) is 8.28. The Morgan fingerprint density at radius 3 is 2.59 bits per heavy atom. The van der Waals surface area contributed by atoms with Crippen molar-refractivity contribution in [3.05, 3.63) is 22.7 Å². The largest absolute Gasteiger partial charge is 0.495 e. The molecule has 1 aromatic rings. The summed E-state index contributed by atoms with van der Waals surface area (Å²) in [4.78, 5) is 0.204. The predicted molar refractivity (Wildman–Crippen MR) is 88.1 cm³/mol. The van der Waals surface area contributed by atoms with Crippen LogP contribution in [-0.4, -0.2) is 35.2 Å². The summed E-state index contributed by atoms with van der Waals surface area (Å²) >= 11 is 6.06. The zero-order chi connectivity index (χ0) is 16.4. The van der Waals surface area contributed by atoms with Gasteiger partial charge < -0.3 is 10.1 Å². The molecule has 1 aliphatic heterocycles. The SMILES string of the molecule is COc1cc(C)c(S(=O)(=O)NCC2(C)CCNCC2)cc1Cl. The first kappa shape index (κ1) is 17.5. The maximum absolute atomic E-state index is 12.6. The molecule has 0 spiro atoms. The molecule has 124 valence electrons. The molecule has 0 radical (unpaired) electrons. The summed E-state index contributed by atoms with van der Waals surface area (Å²) in [6.07, 6.45) is 1.91. The van der Waals surface area contributed by atoms with Crippen molar-refractivity contribution in [3.63, 3.8) is 0 Å². The Balaban J connectivity index is 2.18. The number of aryl methyl sites for hydroxylation is 1. The summed E-state index contributed by atoms with van der Waals surface area (Å²) in [5.41, 5.74) is 0.604. The number of sulfonamides is 1.